The van der Waals surface area contributed by atoms with Gasteiger partial charge in [-0.3, -0.25) is 4.79 Å². The molecule has 0 aliphatic carbocycles. The highest BCUT2D eigenvalue weighted by molar-refractivity contribution is 7.16. The first-order valence-electron chi connectivity index (χ1n) is 8.65. The third-order valence-electron chi connectivity index (χ3n) is 4.37. The number of rotatable bonds is 6. The van der Waals surface area contributed by atoms with Crippen molar-refractivity contribution in [1.82, 2.24) is 5.32 Å². The molecule has 2 rings (SSSR count). The van der Waals surface area contributed by atoms with Gasteiger partial charge in [0.2, 0.25) is 0 Å². The van der Waals surface area contributed by atoms with Crippen LogP contribution in [0.25, 0.3) is 0 Å². The Kier molecular flexibility index (Phi) is 7.47. The maximum absolute atomic E-state index is 14.3. The molecule has 0 radical (unpaired) electrons. The normalized spacial score (nSPS) is 13.1. The number of esters is 1. The molecule has 1 heterocycles. The van der Waals surface area contributed by atoms with Crippen molar-refractivity contribution >= 4 is 51.4 Å². The molecule has 0 spiro atoms. The number of hydrogen-bond acceptors (Lipinski definition) is 6. The monoisotopic (exact) mass is 493 g/mol. The first kappa shape index (κ1) is 24.8. The fourth-order valence-electron chi connectivity index (χ4n) is 2.84. The van der Waals surface area contributed by atoms with Crippen molar-refractivity contribution in [3.8, 4) is 6.07 Å². The molecule has 6 nitrogen and oxygen atoms in total. The lowest BCUT2D eigenvalue weighted by Crippen LogP contribution is -2.69. The van der Waals surface area contributed by atoms with E-state index in [1.165, 1.54) is 12.1 Å². The molecule has 12 heteroatoms. The van der Waals surface area contributed by atoms with E-state index in [1.54, 1.807) is 19.2 Å². The van der Waals surface area contributed by atoms with Gasteiger partial charge in [0.15, 0.2) is 0 Å². The van der Waals surface area contributed by atoms with Crippen LogP contribution in [0.1, 0.15) is 33.3 Å². The molecule has 0 saturated heterocycles. The van der Waals surface area contributed by atoms with E-state index in [0.29, 0.717) is 16.9 Å². The van der Waals surface area contributed by atoms with Gasteiger partial charge in [-0.25, -0.2) is 4.79 Å². The number of carbonyl (C=O) groups excluding carboxylic acids is 2. The predicted molar refractivity (Wildman–Crippen MR) is 112 cm³/mol. The Bertz CT molecular complexity index is 1070. The van der Waals surface area contributed by atoms with Crippen LogP contribution in [-0.2, 0) is 16.0 Å². The minimum Gasteiger partial charge on any atom is -0.466 e. The summed E-state index contributed by atoms with van der Waals surface area (Å²) in [6, 6.07) is 5.39. The van der Waals surface area contributed by atoms with Crippen LogP contribution in [-0.4, -0.2) is 30.8 Å². The molecule has 1 atom stereocenters. The summed E-state index contributed by atoms with van der Waals surface area (Å²) < 4.78 is 47.1. The molecule has 1 amide bonds. The van der Waals surface area contributed by atoms with E-state index < -0.39 is 23.7 Å². The number of carbonyl (C=O) groups is 2. The Morgan fingerprint density at radius 3 is 2.42 bits per heavy atom. The van der Waals surface area contributed by atoms with Crippen LogP contribution < -0.4 is 10.6 Å². The number of nitriles is 1. The summed E-state index contributed by atoms with van der Waals surface area (Å²) in [5.74, 6) is -3.13. The number of alkyl halides is 3. The van der Waals surface area contributed by atoms with Gasteiger partial charge < -0.3 is 15.4 Å². The predicted octanol–water partition coefficient (Wildman–Crippen LogP) is 5.07. The molecule has 1 aromatic heterocycles. The van der Waals surface area contributed by atoms with Crippen molar-refractivity contribution in [2.75, 3.05) is 12.4 Å². The van der Waals surface area contributed by atoms with E-state index in [9.17, 15) is 28.0 Å². The van der Waals surface area contributed by atoms with Gasteiger partial charge in [0.1, 0.15) is 11.1 Å². The highest BCUT2D eigenvalue weighted by atomic mass is 35.5. The van der Waals surface area contributed by atoms with Gasteiger partial charge in [0.05, 0.1) is 23.3 Å². The average Bonchev–Trinajstić information content (AvgIpc) is 2.99. The molecular weight excluding hydrogens is 478 g/mol. The third-order valence-corrected chi connectivity index (χ3v) is 5.98. The number of amides is 1. The van der Waals surface area contributed by atoms with Gasteiger partial charge >= 0.3 is 17.8 Å². The van der Waals surface area contributed by atoms with Crippen molar-refractivity contribution in [1.29, 1.82) is 5.26 Å². The zero-order chi connectivity index (χ0) is 23.6. The number of benzene rings is 1. The Labute approximate surface area is 189 Å². The average molecular weight is 494 g/mol. The van der Waals surface area contributed by atoms with Gasteiger partial charge in [-0.15, -0.1) is 11.3 Å². The second-order valence-corrected chi connectivity index (χ2v) is 8.32. The fourth-order valence-corrected chi connectivity index (χ4v) is 4.48. The number of aryl methyl sites for hydroxylation is 1. The van der Waals surface area contributed by atoms with Gasteiger partial charge in [0.25, 0.3) is 5.91 Å². The zero-order valence-electron chi connectivity index (χ0n) is 16.4. The fraction of sp³-hybridized carbons (Fsp3) is 0.316. The van der Waals surface area contributed by atoms with Gasteiger partial charge in [-0.05, 0) is 37.1 Å². The number of ether oxygens (including phenoxy) is 1. The number of hydrogen-bond donors (Lipinski definition) is 2. The van der Waals surface area contributed by atoms with Crippen molar-refractivity contribution in [3.05, 3.63) is 49.8 Å². The molecule has 2 N–H and O–H groups in total. The maximum Gasteiger partial charge on any atom is 0.441 e. The lowest BCUT2D eigenvalue weighted by molar-refractivity contribution is -0.203. The quantitative estimate of drug-likeness (QED) is 0.432. The molecule has 0 bridgehead atoms. The smallest absolute Gasteiger partial charge is 0.441 e. The Morgan fingerprint density at radius 2 is 1.94 bits per heavy atom. The molecule has 31 heavy (non-hydrogen) atoms. The number of nitrogens with zero attached hydrogens (tertiary/aromatic N) is 1. The minimum absolute atomic E-state index is 0.0543. The van der Waals surface area contributed by atoms with Gasteiger partial charge in [-0.2, -0.15) is 18.4 Å². The highest BCUT2D eigenvalue weighted by Crippen LogP contribution is 2.39. The molecule has 0 saturated carbocycles. The minimum atomic E-state index is -5.36. The number of halogens is 5. The van der Waals surface area contributed by atoms with Crippen LogP contribution in [0, 0.1) is 18.3 Å². The lowest BCUT2D eigenvalue weighted by atomic mass is 10.1. The zero-order valence-corrected chi connectivity index (χ0v) is 18.7. The Morgan fingerprint density at radius 1 is 1.29 bits per heavy atom. The molecule has 166 valence electrons. The summed E-state index contributed by atoms with van der Waals surface area (Å²) in [5, 5.41) is 12.9. The Balaban J connectivity index is 2.64. The second-order valence-electron chi connectivity index (χ2n) is 6.25. The van der Waals surface area contributed by atoms with Crippen LogP contribution in [0.5, 0.6) is 0 Å². The van der Waals surface area contributed by atoms with E-state index >= 15 is 0 Å². The summed E-state index contributed by atoms with van der Waals surface area (Å²) in [5.41, 5.74) is -3.55. The molecule has 0 fully saturated rings. The van der Waals surface area contributed by atoms with E-state index in [0.717, 1.165) is 24.5 Å². The number of thiophene rings is 1. The first-order chi connectivity index (χ1) is 14.4. The van der Waals surface area contributed by atoms with Gasteiger partial charge in [-0.1, -0.05) is 30.1 Å². The van der Waals surface area contributed by atoms with E-state index in [1.807, 2.05) is 11.4 Å². The van der Waals surface area contributed by atoms with E-state index in [-0.39, 0.29) is 26.2 Å². The van der Waals surface area contributed by atoms with Crippen LogP contribution in [0.4, 0.5) is 18.2 Å². The van der Waals surface area contributed by atoms with Crippen LogP contribution >= 0.6 is 34.5 Å². The van der Waals surface area contributed by atoms with Crippen molar-refractivity contribution in [3.63, 3.8) is 0 Å². The van der Waals surface area contributed by atoms with E-state index in [2.05, 4.69) is 4.74 Å². The SMILES string of the molecule is CCc1c(C)sc(N[C@@](NC(=O)c2ccc(Cl)cc2Cl)(C(=O)OC)C(F)(F)F)c1C#N. The number of methoxy groups -OCH3 is 1. The van der Waals surface area contributed by atoms with Crippen molar-refractivity contribution in [2.24, 2.45) is 0 Å². The summed E-state index contributed by atoms with van der Waals surface area (Å²) in [7, 11) is 0.744. The first-order valence-corrected chi connectivity index (χ1v) is 10.2. The summed E-state index contributed by atoms with van der Waals surface area (Å²) in [6.45, 7) is 3.37. The molecular formula is C19H16Cl2F3N3O3S. The highest BCUT2D eigenvalue weighted by Gasteiger charge is 2.64. The molecule has 0 aliphatic heterocycles. The summed E-state index contributed by atoms with van der Waals surface area (Å²) in [6.07, 6.45) is -4.97. The largest absolute Gasteiger partial charge is 0.466 e. The molecule has 0 aliphatic rings. The number of anilines is 1. The van der Waals surface area contributed by atoms with Crippen LogP contribution in [0.15, 0.2) is 18.2 Å². The summed E-state index contributed by atoms with van der Waals surface area (Å²) in [4.78, 5) is 25.7. The Hall–Kier alpha value is -2.48. The summed E-state index contributed by atoms with van der Waals surface area (Å²) >= 11 is 12.5. The molecule has 1 aromatic carbocycles. The van der Waals surface area contributed by atoms with Crippen LogP contribution in [0.3, 0.4) is 0 Å². The van der Waals surface area contributed by atoms with Gasteiger partial charge in [0, 0.05) is 9.90 Å². The maximum atomic E-state index is 14.3. The molecule has 0 unspecified atom stereocenters. The third kappa shape index (κ3) is 4.74. The standard InChI is InChI=1S/C19H16Cl2F3N3O3S/c1-4-11-9(2)31-16(13(11)8-25)27-18(17(29)30-3,19(22,23)24)26-15(28)12-6-5-10(20)7-14(12)21/h5-7,27H,4H2,1-3H3,(H,26,28)/t18-/m0/s1. The lowest BCUT2D eigenvalue weighted by Gasteiger charge is -2.34. The molecule has 2 aromatic rings. The number of nitrogens with one attached hydrogen (secondary N) is 2. The van der Waals surface area contributed by atoms with E-state index in [4.69, 9.17) is 23.2 Å². The van der Waals surface area contributed by atoms with Crippen LogP contribution in [0.2, 0.25) is 10.0 Å². The topological polar surface area (TPSA) is 91.2 Å². The second kappa shape index (κ2) is 9.34. The van der Waals surface area contributed by atoms with Crippen molar-refractivity contribution in [2.45, 2.75) is 32.1 Å². The van der Waals surface area contributed by atoms with Crippen molar-refractivity contribution < 1.29 is 27.5 Å².